The normalized spacial score (nSPS) is 12.0. The molecule has 0 atom stereocenters. The Balaban J connectivity index is 1.96. The van der Waals surface area contributed by atoms with Crippen LogP contribution in [0.5, 0.6) is 11.5 Å². The number of rotatable bonds is 14. The zero-order valence-corrected chi connectivity index (χ0v) is 25.1. The Kier molecular flexibility index (Phi) is 12.0. The number of ether oxygens (including phenoxy) is 3. The molecule has 0 N–H and O–H groups in total. The second-order valence-electron chi connectivity index (χ2n) is 11.0. The van der Waals surface area contributed by atoms with Crippen LogP contribution in [-0.2, 0) is 9.53 Å². The lowest BCUT2D eigenvalue weighted by molar-refractivity contribution is -0.171. The molecule has 0 unspecified atom stereocenters. The average molecular weight is 541 g/mol. The number of carbonyl (C=O) groups is 2. The van der Waals surface area contributed by atoms with Crippen molar-refractivity contribution in [3.8, 4) is 11.5 Å². The number of aryl methyl sites for hydroxylation is 2. The first-order valence-electron chi connectivity index (χ1n) is 13.4. The Morgan fingerprint density at radius 1 is 0.921 bits per heavy atom. The van der Waals surface area contributed by atoms with Crippen molar-refractivity contribution in [3.05, 3.63) is 64.7 Å². The molecule has 0 radical (unpaired) electrons. The van der Waals surface area contributed by atoms with Crippen molar-refractivity contribution >= 4 is 29.6 Å². The number of thioether (sulfide) groups is 1. The summed E-state index contributed by atoms with van der Waals surface area (Å²) < 4.78 is 17.4. The van der Waals surface area contributed by atoms with Crippen molar-refractivity contribution < 1.29 is 23.8 Å². The van der Waals surface area contributed by atoms with E-state index in [0.29, 0.717) is 17.9 Å². The molecule has 0 aliphatic heterocycles. The van der Waals surface area contributed by atoms with Crippen molar-refractivity contribution in [1.82, 2.24) is 0 Å². The van der Waals surface area contributed by atoms with Gasteiger partial charge in [0.25, 0.3) is 0 Å². The molecule has 2 rings (SSSR count). The van der Waals surface area contributed by atoms with Gasteiger partial charge < -0.3 is 14.2 Å². The molecule has 2 aromatic rings. The van der Waals surface area contributed by atoms with Gasteiger partial charge in [0, 0.05) is 11.3 Å². The summed E-state index contributed by atoms with van der Waals surface area (Å²) in [6.45, 7) is 15.6. The quantitative estimate of drug-likeness (QED) is 0.105. The van der Waals surface area contributed by atoms with Gasteiger partial charge in [-0.25, -0.2) is 4.79 Å². The van der Waals surface area contributed by atoms with Gasteiger partial charge in [0.2, 0.25) is 0 Å². The summed E-state index contributed by atoms with van der Waals surface area (Å²) in [7, 11) is 0. The van der Waals surface area contributed by atoms with Gasteiger partial charge in [-0.05, 0) is 120 Å². The number of carbonyl (C=O) groups excluding carboxylic acids is 2. The van der Waals surface area contributed by atoms with Crippen molar-refractivity contribution in [2.75, 3.05) is 18.1 Å². The van der Waals surface area contributed by atoms with Crippen molar-refractivity contribution in [3.63, 3.8) is 0 Å². The van der Waals surface area contributed by atoms with Crippen LogP contribution in [0.2, 0.25) is 0 Å². The fourth-order valence-corrected chi connectivity index (χ4v) is 4.51. The highest BCUT2D eigenvalue weighted by atomic mass is 32.2. The summed E-state index contributed by atoms with van der Waals surface area (Å²) in [6, 6.07) is 11.2. The van der Waals surface area contributed by atoms with Crippen molar-refractivity contribution in [2.45, 2.75) is 85.9 Å². The molecule has 2 aromatic carbocycles. The molecule has 0 saturated carbocycles. The van der Waals surface area contributed by atoms with Gasteiger partial charge in [-0.15, -0.1) is 0 Å². The summed E-state index contributed by atoms with van der Waals surface area (Å²) in [4.78, 5) is 25.3. The maximum Gasteiger partial charge on any atom is 0.350 e. The van der Waals surface area contributed by atoms with Crippen molar-refractivity contribution in [2.24, 2.45) is 0 Å². The molecule has 208 valence electrons. The van der Waals surface area contributed by atoms with Gasteiger partial charge in [-0.1, -0.05) is 25.8 Å². The monoisotopic (exact) mass is 540 g/mol. The van der Waals surface area contributed by atoms with Gasteiger partial charge in [0.1, 0.15) is 17.1 Å². The first-order chi connectivity index (χ1) is 17.8. The van der Waals surface area contributed by atoms with E-state index in [0.717, 1.165) is 28.2 Å². The number of ketones is 1. The lowest BCUT2D eigenvalue weighted by Crippen LogP contribution is -2.43. The molecule has 0 saturated heterocycles. The minimum Gasteiger partial charge on any atom is -0.493 e. The highest BCUT2D eigenvalue weighted by Crippen LogP contribution is 2.30. The summed E-state index contributed by atoms with van der Waals surface area (Å²) in [5.41, 5.74) is 1.50. The van der Waals surface area contributed by atoms with Gasteiger partial charge in [-0.3, -0.25) is 4.79 Å². The Morgan fingerprint density at radius 3 is 2.13 bits per heavy atom. The number of benzene rings is 2. The van der Waals surface area contributed by atoms with E-state index < -0.39 is 17.2 Å². The zero-order valence-electron chi connectivity index (χ0n) is 24.3. The van der Waals surface area contributed by atoms with Crippen LogP contribution in [0.4, 0.5) is 0 Å². The largest absolute Gasteiger partial charge is 0.493 e. The first-order valence-corrected chi connectivity index (χ1v) is 14.5. The molecule has 0 amide bonds. The number of esters is 1. The second kappa shape index (κ2) is 14.4. The Morgan fingerprint density at radius 2 is 1.55 bits per heavy atom. The van der Waals surface area contributed by atoms with Crippen LogP contribution >= 0.6 is 11.8 Å². The molecule has 6 heteroatoms. The lowest BCUT2D eigenvalue weighted by Gasteiger charge is -2.30. The molecule has 5 nitrogen and oxygen atoms in total. The number of allylic oxidation sites excluding steroid dienone is 1. The maximum absolute atomic E-state index is 12.7. The van der Waals surface area contributed by atoms with Crippen molar-refractivity contribution in [1.29, 1.82) is 0 Å². The van der Waals surface area contributed by atoms with E-state index in [1.54, 1.807) is 38.1 Å². The average Bonchev–Trinajstić information content (AvgIpc) is 2.83. The molecular weight excluding hydrogens is 496 g/mol. The molecule has 0 heterocycles. The van der Waals surface area contributed by atoms with E-state index in [-0.39, 0.29) is 5.78 Å². The van der Waals surface area contributed by atoms with Crippen LogP contribution in [0.1, 0.15) is 87.9 Å². The topological polar surface area (TPSA) is 61.8 Å². The minimum absolute atomic E-state index is 0.0790. The molecule has 0 aromatic heterocycles. The third-order valence-corrected chi connectivity index (χ3v) is 6.72. The highest BCUT2D eigenvalue weighted by Gasteiger charge is 2.35. The maximum atomic E-state index is 12.7. The SMILES string of the molecule is CCCCCSCCOc1ccc(C(=O)C=Cc2cc(C)c(OC(C)(C)C(=O)OC(C)(C)C)c(C)c2)cc1. The Labute approximate surface area is 233 Å². The van der Waals surface area contributed by atoms with Gasteiger partial charge in [0.05, 0.1) is 6.61 Å². The zero-order chi connectivity index (χ0) is 28.3. The third-order valence-electron chi connectivity index (χ3n) is 5.68. The fraction of sp³-hybridized carbons (Fsp3) is 0.500. The standard InChI is InChI=1S/C32H44O5S/c1-9-10-11-19-38-20-18-35-27-15-13-26(14-16-27)28(33)17-12-25-21-23(2)29(24(3)22-25)36-32(7,8)30(34)37-31(4,5)6/h12-17,21-22H,9-11,18-20H2,1-8H3. The molecular formula is C32H44O5S. The first kappa shape index (κ1) is 31.5. The lowest BCUT2D eigenvalue weighted by atomic mass is 10.0. The van der Waals surface area contributed by atoms with Crippen LogP contribution in [-0.4, -0.2) is 41.1 Å². The Bertz CT molecular complexity index is 1070. The third kappa shape index (κ3) is 10.6. The van der Waals surface area contributed by atoms with E-state index in [9.17, 15) is 9.59 Å². The summed E-state index contributed by atoms with van der Waals surface area (Å²) >= 11 is 1.92. The summed E-state index contributed by atoms with van der Waals surface area (Å²) in [5.74, 6) is 3.06. The van der Waals surface area contributed by atoms with Gasteiger partial charge in [-0.2, -0.15) is 11.8 Å². The number of hydrogen-bond acceptors (Lipinski definition) is 6. The van der Waals surface area contributed by atoms with Crippen LogP contribution in [0, 0.1) is 13.8 Å². The smallest absolute Gasteiger partial charge is 0.350 e. The molecule has 0 aliphatic carbocycles. The van der Waals surface area contributed by atoms with E-state index in [4.69, 9.17) is 14.2 Å². The van der Waals surface area contributed by atoms with Crippen LogP contribution < -0.4 is 9.47 Å². The number of unbranched alkanes of at least 4 members (excludes halogenated alkanes) is 2. The molecule has 38 heavy (non-hydrogen) atoms. The molecule has 0 fully saturated rings. The Hall–Kier alpha value is -2.73. The minimum atomic E-state index is -1.14. The van der Waals surface area contributed by atoms with E-state index in [1.165, 1.54) is 25.0 Å². The van der Waals surface area contributed by atoms with E-state index >= 15 is 0 Å². The van der Waals surface area contributed by atoms with Gasteiger partial charge >= 0.3 is 5.97 Å². The summed E-state index contributed by atoms with van der Waals surface area (Å²) in [6.07, 6.45) is 7.15. The van der Waals surface area contributed by atoms with Crippen LogP contribution in [0.3, 0.4) is 0 Å². The van der Waals surface area contributed by atoms with E-state index in [1.807, 2.05) is 70.6 Å². The van der Waals surface area contributed by atoms with Crippen LogP contribution in [0.25, 0.3) is 6.08 Å². The predicted octanol–water partition coefficient (Wildman–Crippen LogP) is 8.00. The number of hydrogen-bond donors (Lipinski definition) is 0. The fourth-order valence-electron chi connectivity index (χ4n) is 3.70. The van der Waals surface area contributed by atoms with E-state index in [2.05, 4.69) is 6.92 Å². The molecule has 0 spiro atoms. The molecule has 0 bridgehead atoms. The summed E-state index contributed by atoms with van der Waals surface area (Å²) in [5, 5.41) is 0. The second-order valence-corrected chi connectivity index (χ2v) is 12.2. The van der Waals surface area contributed by atoms with Crippen LogP contribution in [0.15, 0.2) is 42.5 Å². The van der Waals surface area contributed by atoms with Gasteiger partial charge in [0.15, 0.2) is 11.4 Å². The molecule has 0 aliphatic rings. The predicted molar refractivity (Wildman–Crippen MR) is 159 cm³/mol. The highest BCUT2D eigenvalue weighted by molar-refractivity contribution is 7.99.